The molecule has 2 aliphatic heterocycles. The van der Waals surface area contributed by atoms with Crippen LogP contribution in [-0.2, 0) is 27.5 Å². The Balaban J connectivity index is 1.46. The van der Waals surface area contributed by atoms with Gasteiger partial charge in [0, 0.05) is 36.3 Å². The first-order valence-electron chi connectivity index (χ1n) is 13.0. The second-order valence-electron chi connectivity index (χ2n) is 9.37. The average Bonchev–Trinajstić information content (AvgIpc) is 3.40. The molecule has 210 valence electrons. The van der Waals surface area contributed by atoms with E-state index >= 15 is 0 Å². The van der Waals surface area contributed by atoms with Gasteiger partial charge in [-0.1, -0.05) is 42.1 Å². The molecule has 3 aromatic rings. The molecule has 1 amide bonds. The topological polar surface area (TPSA) is 102 Å². The summed E-state index contributed by atoms with van der Waals surface area (Å²) in [5.74, 6) is 0.506. The van der Waals surface area contributed by atoms with Gasteiger partial charge in [0.15, 0.2) is 5.17 Å². The normalized spacial score (nSPS) is 16.0. The summed E-state index contributed by atoms with van der Waals surface area (Å²) < 4.78 is 17.0. The number of amidine groups is 1. The maximum absolute atomic E-state index is 13.7. The van der Waals surface area contributed by atoms with Gasteiger partial charge in [-0.2, -0.15) is 0 Å². The van der Waals surface area contributed by atoms with Crippen LogP contribution in [0.4, 0.5) is 0 Å². The van der Waals surface area contributed by atoms with Crippen LogP contribution >= 0.6 is 11.8 Å². The average molecular weight is 571 g/mol. The standard InChI is InChI=1S/C31H30N4O5S/c1-20-28(30(37)40-18-22-7-5-4-6-8-22)29(25-10-9-24(38-2)16-26(25)39-3)35-23(19-41-31(35)34-20)15-27(36)33-17-21-11-13-32-14-12-21/h4-14,16,19,29H,15,17-18H2,1-3H3,(H,33,36). The van der Waals surface area contributed by atoms with Crippen molar-refractivity contribution >= 4 is 28.8 Å². The smallest absolute Gasteiger partial charge is 0.338 e. The number of fused-ring (bicyclic) bond motifs is 1. The fourth-order valence-electron chi connectivity index (χ4n) is 4.70. The van der Waals surface area contributed by atoms with Gasteiger partial charge in [0.25, 0.3) is 0 Å². The molecule has 0 spiro atoms. The Bertz CT molecular complexity index is 1520. The molecule has 9 nitrogen and oxygen atoms in total. The quantitative estimate of drug-likeness (QED) is 0.335. The molecule has 1 atom stereocenters. The summed E-state index contributed by atoms with van der Waals surface area (Å²) in [6.07, 6.45) is 3.47. The molecule has 0 fully saturated rings. The Morgan fingerprint density at radius 1 is 1.00 bits per heavy atom. The number of nitrogens with one attached hydrogen (secondary N) is 1. The number of aromatic nitrogens is 1. The van der Waals surface area contributed by atoms with E-state index in [4.69, 9.17) is 19.2 Å². The molecule has 41 heavy (non-hydrogen) atoms. The number of carbonyl (C=O) groups is 2. The molecule has 1 aromatic heterocycles. The predicted octanol–water partition coefficient (Wildman–Crippen LogP) is 5.12. The Labute approximate surface area is 242 Å². The van der Waals surface area contributed by atoms with Crippen LogP contribution < -0.4 is 14.8 Å². The number of allylic oxidation sites excluding steroid dienone is 1. The van der Waals surface area contributed by atoms with E-state index < -0.39 is 12.0 Å². The highest BCUT2D eigenvalue weighted by molar-refractivity contribution is 8.16. The van der Waals surface area contributed by atoms with Crippen molar-refractivity contribution in [3.63, 3.8) is 0 Å². The highest BCUT2D eigenvalue weighted by atomic mass is 32.2. The zero-order valence-electron chi connectivity index (χ0n) is 23.0. The molecule has 3 heterocycles. The number of ether oxygens (including phenoxy) is 3. The first-order chi connectivity index (χ1) is 20.0. The molecule has 10 heteroatoms. The lowest BCUT2D eigenvalue weighted by atomic mass is 9.93. The van der Waals surface area contributed by atoms with Gasteiger partial charge in [-0.15, -0.1) is 0 Å². The summed E-state index contributed by atoms with van der Waals surface area (Å²) in [7, 11) is 3.15. The number of aliphatic imine (C=N–C) groups is 1. The largest absolute Gasteiger partial charge is 0.497 e. The molecule has 0 saturated heterocycles. The lowest BCUT2D eigenvalue weighted by Gasteiger charge is -2.36. The van der Waals surface area contributed by atoms with Crippen LogP contribution in [0.15, 0.2) is 100 Å². The maximum atomic E-state index is 13.7. The molecule has 0 bridgehead atoms. The second kappa shape index (κ2) is 12.7. The summed E-state index contributed by atoms with van der Waals surface area (Å²) in [5, 5.41) is 5.54. The fourth-order valence-corrected chi connectivity index (χ4v) is 5.66. The minimum absolute atomic E-state index is 0.0947. The van der Waals surface area contributed by atoms with Crippen molar-refractivity contribution in [1.82, 2.24) is 15.2 Å². The van der Waals surface area contributed by atoms with Crippen molar-refractivity contribution in [2.24, 2.45) is 4.99 Å². The zero-order valence-corrected chi connectivity index (χ0v) is 23.8. The lowest BCUT2D eigenvalue weighted by molar-refractivity contribution is -0.141. The maximum Gasteiger partial charge on any atom is 0.338 e. The number of thioether (sulfide) groups is 1. The summed E-state index contributed by atoms with van der Waals surface area (Å²) in [5.41, 5.74) is 4.18. The van der Waals surface area contributed by atoms with Crippen molar-refractivity contribution in [2.45, 2.75) is 32.5 Å². The van der Waals surface area contributed by atoms with Crippen molar-refractivity contribution < 1.29 is 23.8 Å². The summed E-state index contributed by atoms with van der Waals surface area (Å²) in [4.78, 5) is 37.4. The zero-order chi connectivity index (χ0) is 28.8. The van der Waals surface area contributed by atoms with Gasteiger partial charge in [0.05, 0.1) is 38.0 Å². The van der Waals surface area contributed by atoms with Crippen LogP contribution in [-0.4, -0.2) is 41.1 Å². The number of benzene rings is 2. The highest BCUT2D eigenvalue weighted by Gasteiger charge is 2.42. The first-order valence-corrected chi connectivity index (χ1v) is 13.9. The highest BCUT2D eigenvalue weighted by Crippen LogP contribution is 2.47. The van der Waals surface area contributed by atoms with Crippen LogP contribution in [0.5, 0.6) is 11.5 Å². The Hall–Kier alpha value is -4.57. The molecule has 0 aliphatic carbocycles. The van der Waals surface area contributed by atoms with Crippen LogP contribution in [0.3, 0.4) is 0 Å². The molecule has 1 N–H and O–H groups in total. The summed E-state index contributed by atoms with van der Waals surface area (Å²) in [6.45, 7) is 2.30. The second-order valence-corrected chi connectivity index (χ2v) is 10.2. The van der Waals surface area contributed by atoms with Crippen molar-refractivity contribution in [1.29, 1.82) is 0 Å². The monoisotopic (exact) mass is 570 g/mol. The SMILES string of the molecule is COc1ccc(C2C(C(=O)OCc3ccccc3)=C(C)N=C3SC=C(CC(=O)NCc4ccncc4)N32)c(OC)c1. The van der Waals surface area contributed by atoms with Crippen LogP contribution in [0.1, 0.15) is 36.1 Å². The minimum Gasteiger partial charge on any atom is -0.497 e. The van der Waals surface area contributed by atoms with E-state index in [2.05, 4.69) is 10.3 Å². The van der Waals surface area contributed by atoms with Gasteiger partial charge in [-0.05, 0) is 47.7 Å². The predicted molar refractivity (Wildman–Crippen MR) is 157 cm³/mol. The third kappa shape index (κ3) is 6.28. The van der Waals surface area contributed by atoms with Gasteiger partial charge in [-0.25, -0.2) is 9.79 Å². The number of esters is 1. The molecule has 0 saturated carbocycles. The van der Waals surface area contributed by atoms with E-state index in [-0.39, 0.29) is 18.9 Å². The van der Waals surface area contributed by atoms with Crippen LogP contribution in [0.25, 0.3) is 0 Å². The number of hydrogen-bond donors (Lipinski definition) is 1. The third-order valence-corrected chi connectivity index (χ3v) is 7.64. The van der Waals surface area contributed by atoms with E-state index in [1.165, 1.54) is 11.8 Å². The summed E-state index contributed by atoms with van der Waals surface area (Å²) >= 11 is 1.41. The van der Waals surface area contributed by atoms with Crippen molar-refractivity contribution in [3.8, 4) is 11.5 Å². The van der Waals surface area contributed by atoms with Crippen molar-refractivity contribution in [3.05, 3.63) is 112 Å². The van der Waals surface area contributed by atoms with E-state index in [0.717, 1.165) is 16.7 Å². The molecular weight excluding hydrogens is 540 g/mol. The minimum atomic E-state index is -0.638. The van der Waals surface area contributed by atoms with Crippen LogP contribution in [0.2, 0.25) is 0 Å². The molecule has 2 aliphatic rings. The molecule has 2 aromatic carbocycles. The number of hydrogen-bond acceptors (Lipinski definition) is 9. The summed E-state index contributed by atoms with van der Waals surface area (Å²) in [6, 6.07) is 18.0. The van der Waals surface area contributed by atoms with Gasteiger partial charge >= 0.3 is 5.97 Å². The molecule has 1 unspecified atom stereocenters. The number of carbonyl (C=O) groups excluding carboxylic acids is 2. The number of amides is 1. The van der Waals surface area contributed by atoms with Gasteiger partial charge in [0.2, 0.25) is 5.91 Å². The number of rotatable bonds is 10. The Kier molecular flexibility index (Phi) is 8.69. The first kappa shape index (κ1) is 28.0. The van der Waals surface area contributed by atoms with Gasteiger partial charge < -0.3 is 24.4 Å². The molecule has 5 rings (SSSR count). The Morgan fingerprint density at radius 2 is 1.78 bits per heavy atom. The van der Waals surface area contributed by atoms with Crippen molar-refractivity contribution in [2.75, 3.05) is 14.2 Å². The Morgan fingerprint density at radius 3 is 2.51 bits per heavy atom. The van der Waals surface area contributed by atoms with E-state index in [9.17, 15) is 9.59 Å². The van der Waals surface area contributed by atoms with E-state index in [1.807, 2.05) is 64.9 Å². The fraction of sp³-hybridized carbons (Fsp3) is 0.226. The van der Waals surface area contributed by atoms with Crippen LogP contribution in [0, 0.1) is 0 Å². The van der Waals surface area contributed by atoms with Gasteiger partial charge in [-0.3, -0.25) is 9.78 Å². The number of nitrogens with zero attached hydrogens (tertiary/aromatic N) is 3. The number of methoxy groups -OCH3 is 2. The van der Waals surface area contributed by atoms with Gasteiger partial charge in [0.1, 0.15) is 18.1 Å². The lowest BCUT2D eigenvalue weighted by Crippen LogP contribution is -2.38. The van der Waals surface area contributed by atoms with E-state index in [1.54, 1.807) is 39.6 Å². The third-order valence-electron chi connectivity index (χ3n) is 6.75. The molecule has 0 radical (unpaired) electrons. The number of pyridine rings is 1. The molecular formula is C31H30N4O5S. The van der Waals surface area contributed by atoms with E-state index in [0.29, 0.717) is 40.2 Å².